The van der Waals surface area contributed by atoms with Crippen molar-refractivity contribution in [2.45, 2.75) is 66.2 Å². The van der Waals surface area contributed by atoms with Crippen molar-refractivity contribution in [3.05, 3.63) is 11.8 Å². The minimum absolute atomic E-state index is 0.828. The second-order valence-corrected chi connectivity index (χ2v) is 6.52. The Morgan fingerprint density at radius 2 is 1.72 bits per heavy atom. The van der Waals surface area contributed by atoms with Gasteiger partial charge in [-0.25, -0.2) is 0 Å². The zero-order valence-corrected chi connectivity index (χ0v) is 13.6. The van der Waals surface area contributed by atoms with Gasteiger partial charge in [0.05, 0.1) is 0 Å². The minimum atomic E-state index is 0.828. The molecule has 1 rings (SSSR count). The molecule has 0 spiro atoms. The van der Waals surface area contributed by atoms with Gasteiger partial charge in [0.2, 0.25) is 0 Å². The van der Waals surface area contributed by atoms with Gasteiger partial charge >= 0.3 is 9.84 Å². The molecule has 1 aliphatic heterocycles. The van der Waals surface area contributed by atoms with Crippen LogP contribution in [-0.2, 0) is 0 Å². The molecule has 0 aromatic heterocycles. The van der Waals surface area contributed by atoms with Gasteiger partial charge in [0.25, 0.3) is 0 Å². The van der Waals surface area contributed by atoms with E-state index >= 15 is 0 Å². The lowest BCUT2D eigenvalue weighted by atomic mass is 10.2. The standard InChI is InChI=1S/C15H29N2Si/c1-5-7-9-11-16-14(3)13-15(4)17(18-16)12-10-8-6-2/h13H,5-12H2,1-4H3/q+1. The van der Waals surface area contributed by atoms with E-state index in [1.54, 1.807) is 0 Å². The van der Waals surface area contributed by atoms with E-state index in [1.807, 2.05) is 0 Å². The Morgan fingerprint density at radius 1 is 1.06 bits per heavy atom. The van der Waals surface area contributed by atoms with Crippen LogP contribution in [0.3, 0.4) is 0 Å². The third kappa shape index (κ3) is 4.97. The lowest BCUT2D eigenvalue weighted by molar-refractivity contribution is -0.391. The van der Waals surface area contributed by atoms with Gasteiger partial charge in [0.1, 0.15) is 6.54 Å². The lowest BCUT2D eigenvalue weighted by Gasteiger charge is -2.24. The molecule has 3 heteroatoms. The summed E-state index contributed by atoms with van der Waals surface area (Å²) in [6, 6.07) is 0. The first-order valence-electron chi connectivity index (χ1n) is 7.52. The van der Waals surface area contributed by atoms with Crippen LogP contribution in [0.5, 0.6) is 0 Å². The molecule has 18 heavy (non-hydrogen) atoms. The molecule has 0 atom stereocenters. The number of allylic oxidation sites excluding steroid dienone is 2. The first kappa shape index (κ1) is 15.5. The monoisotopic (exact) mass is 265 g/mol. The van der Waals surface area contributed by atoms with Crippen LogP contribution in [0.1, 0.15) is 66.2 Å². The highest BCUT2D eigenvalue weighted by molar-refractivity contribution is 6.25. The highest BCUT2D eigenvalue weighted by Crippen LogP contribution is 2.10. The molecule has 1 aliphatic rings. The van der Waals surface area contributed by atoms with Gasteiger partial charge in [-0.1, -0.05) is 33.1 Å². The van der Waals surface area contributed by atoms with Gasteiger partial charge in [0.15, 0.2) is 5.71 Å². The fraction of sp³-hybridized carbons (Fsp3) is 0.800. The van der Waals surface area contributed by atoms with Crippen molar-refractivity contribution in [3.8, 4) is 0 Å². The molecule has 2 radical (unpaired) electrons. The van der Waals surface area contributed by atoms with Crippen LogP contribution in [0.2, 0.25) is 0 Å². The SMILES string of the molecule is CCCCCN1[Si][N+](CCCCC)=C(C)C=C1C. The van der Waals surface area contributed by atoms with Crippen LogP contribution in [0.4, 0.5) is 0 Å². The molecule has 102 valence electrons. The topological polar surface area (TPSA) is 6.25 Å². The van der Waals surface area contributed by atoms with Crippen molar-refractivity contribution in [1.29, 1.82) is 0 Å². The van der Waals surface area contributed by atoms with E-state index in [1.165, 1.54) is 63.0 Å². The van der Waals surface area contributed by atoms with Gasteiger partial charge in [-0.2, -0.15) is 0 Å². The molecule has 0 N–H and O–H groups in total. The Labute approximate surface area is 116 Å². The maximum Gasteiger partial charge on any atom is 0.644 e. The van der Waals surface area contributed by atoms with E-state index in [4.69, 9.17) is 0 Å². The van der Waals surface area contributed by atoms with Crippen LogP contribution in [-0.4, -0.2) is 37.5 Å². The average molecular weight is 265 g/mol. The number of nitrogens with zero attached hydrogens (tertiary/aromatic N) is 2. The minimum Gasteiger partial charge on any atom is -0.341 e. The number of hydrogen-bond donors (Lipinski definition) is 0. The summed E-state index contributed by atoms with van der Waals surface area (Å²) in [7, 11) is 0.828. The van der Waals surface area contributed by atoms with Crippen molar-refractivity contribution in [2.24, 2.45) is 0 Å². The van der Waals surface area contributed by atoms with Crippen LogP contribution in [0.15, 0.2) is 11.8 Å². The zero-order chi connectivity index (χ0) is 13.4. The van der Waals surface area contributed by atoms with Crippen molar-refractivity contribution in [3.63, 3.8) is 0 Å². The van der Waals surface area contributed by atoms with Gasteiger partial charge in [-0.15, -0.1) is 0 Å². The maximum atomic E-state index is 2.56. The van der Waals surface area contributed by atoms with Crippen molar-refractivity contribution in [1.82, 2.24) is 4.57 Å². The predicted molar refractivity (Wildman–Crippen MR) is 81.1 cm³/mol. The van der Waals surface area contributed by atoms with E-state index in [2.05, 4.69) is 42.6 Å². The first-order valence-corrected chi connectivity index (χ1v) is 8.41. The van der Waals surface area contributed by atoms with Crippen LogP contribution in [0.25, 0.3) is 0 Å². The number of rotatable bonds is 8. The highest BCUT2D eigenvalue weighted by Gasteiger charge is 2.26. The summed E-state index contributed by atoms with van der Waals surface area (Å²) in [5, 5.41) is 0. The van der Waals surface area contributed by atoms with Crippen molar-refractivity contribution >= 4 is 15.6 Å². The van der Waals surface area contributed by atoms with E-state index < -0.39 is 0 Å². The summed E-state index contributed by atoms with van der Waals surface area (Å²) >= 11 is 0. The van der Waals surface area contributed by atoms with Gasteiger partial charge < -0.3 is 4.57 Å². The third-order valence-corrected chi connectivity index (χ3v) is 5.12. The summed E-state index contributed by atoms with van der Waals surface area (Å²) in [5.74, 6) is 0. The smallest absolute Gasteiger partial charge is 0.341 e. The first-order chi connectivity index (χ1) is 8.69. The molecular weight excluding hydrogens is 236 g/mol. The average Bonchev–Trinajstić information content (AvgIpc) is 2.34. The van der Waals surface area contributed by atoms with Crippen molar-refractivity contribution < 1.29 is 4.24 Å². The summed E-state index contributed by atoms with van der Waals surface area (Å²) in [4.78, 5) is 0. The summed E-state index contributed by atoms with van der Waals surface area (Å²) in [5.41, 5.74) is 2.90. The van der Waals surface area contributed by atoms with E-state index in [0.717, 1.165) is 9.84 Å². The van der Waals surface area contributed by atoms with E-state index in [-0.39, 0.29) is 0 Å². The van der Waals surface area contributed by atoms with Gasteiger partial charge in [-0.3, -0.25) is 4.24 Å². The number of unbranched alkanes of at least 4 members (excludes halogenated alkanes) is 4. The fourth-order valence-corrected chi connectivity index (χ4v) is 3.51. The molecule has 0 aromatic carbocycles. The molecule has 0 fully saturated rings. The van der Waals surface area contributed by atoms with Crippen LogP contribution < -0.4 is 0 Å². The quantitative estimate of drug-likeness (QED) is 0.480. The normalized spacial score (nSPS) is 16.2. The Morgan fingerprint density at radius 3 is 2.39 bits per heavy atom. The third-order valence-electron chi connectivity index (χ3n) is 3.48. The predicted octanol–water partition coefficient (Wildman–Crippen LogP) is 3.59. The molecule has 2 nitrogen and oxygen atoms in total. The Balaban J connectivity index is 2.49. The van der Waals surface area contributed by atoms with Crippen molar-refractivity contribution in [2.75, 3.05) is 13.1 Å². The van der Waals surface area contributed by atoms with Crippen LogP contribution >= 0.6 is 0 Å². The molecule has 0 saturated heterocycles. The lowest BCUT2D eigenvalue weighted by Crippen LogP contribution is -2.41. The largest absolute Gasteiger partial charge is 0.644 e. The summed E-state index contributed by atoms with van der Waals surface area (Å²) < 4.78 is 5.13. The fourth-order valence-electron chi connectivity index (χ4n) is 2.25. The molecule has 0 unspecified atom stereocenters. The summed E-state index contributed by atoms with van der Waals surface area (Å²) in [6.07, 6.45) is 10.3. The maximum absolute atomic E-state index is 2.56. The Kier molecular flexibility index (Phi) is 7.33. The molecule has 0 aliphatic carbocycles. The molecule has 1 heterocycles. The zero-order valence-electron chi connectivity index (χ0n) is 12.6. The Bertz CT molecular complexity index is 308. The van der Waals surface area contributed by atoms with Gasteiger partial charge in [-0.05, 0) is 19.8 Å². The van der Waals surface area contributed by atoms with Crippen LogP contribution in [0, 0.1) is 0 Å². The second-order valence-electron chi connectivity index (χ2n) is 5.24. The van der Waals surface area contributed by atoms with E-state index in [0.29, 0.717) is 0 Å². The summed E-state index contributed by atoms with van der Waals surface area (Å²) in [6.45, 7) is 11.5. The van der Waals surface area contributed by atoms with Gasteiger partial charge in [0, 0.05) is 31.7 Å². The molecule has 0 amide bonds. The van der Waals surface area contributed by atoms with E-state index in [9.17, 15) is 0 Å². The highest BCUT2D eigenvalue weighted by atomic mass is 28.2. The molecule has 0 aromatic rings. The molecule has 0 bridgehead atoms. The molecule has 0 saturated carbocycles. The second kappa shape index (κ2) is 8.52. The molecular formula is C15H29N2Si+. The Hall–Kier alpha value is -0.573. The number of hydrogen-bond acceptors (Lipinski definition) is 1.